The fourth-order valence-electron chi connectivity index (χ4n) is 1.55. The zero-order valence-corrected chi connectivity index (χ0v) is 8.76. The van der Waals surface area contributed by atoms with Gasteiger partial charge in [0.2, 0.25) is 5.91 Å². The molecular formula is C10H20NO2. The second-order valence-electron chi connectivity index (χ2n) is 3.34. The molecule has 0 fully saturated rings. The molecule has 3 nitrogen and oxygen atoms in total. The Morgan fingerprint density at radius 2 is 1.92 bits per heavy atom. The lowest BCUT2D eigenvalue weighted by Crippen LogP contribution is -2.20. The third kappa shape index (κ3) is 4.88. The van der Waals surface area contributed by atoms with Gasteiger partial charge in [0, 0.05) is 6.42 Å². The highest BCUT2D eigenvalue weighted by molar-refractivity contribution is 5.74. The van der Waals surface area contributed by atoms with Crippen LogP contribution in [-0.2, 0) is 4.79 Å². The summed E-state index contributed by atoms with van der Waals surface area (Å²) in [6.45, 7) is 6.41. The number of carbonyl (C=O) groups excluding carboxylic acids is 1. The Balaban J connectivity index is 3.71. The molecule has 0 aromatic carbocycles. The van der Waals surface area contributed by atoms with Crippen molar-refractivity contribution in [2.75, 3.05) is 0 Å². The van der Waals surface area contributed by atoms with Crippen LogP contribution in [0.1, 0.15) is 46.5 Å². The summed E-state index contributed by atoms with van der Waals surface area (Å²) >= 11 is 0. The van der Waals surface area contributed by atoms with E-state index in [0.29, 0.717) is 12.3 Å². The van der Waals surface area contributed by atoms with Crippen LogP contribution in [0.2, 0.25) is 0 Å². The van der Waals surface area contributed by atoms with E-state index in [1.807, 2.05) is 0 Å². The van der Waals surface area contributed by atoms with Crippen LogP contribution < -0.4 is 5.48 Å². The Kier molecular flexibility index (Phi) is 6.59. The average Bonchev–Trinajstić information content (AvgIpc) is 2.16. The largest absolute Gasteiger partial charge is 0.289 e. The molecule has 2 N–H and O–H groups in total. The maximum atomic E-state index is 10.7. The van der Waals surface area contributed by atoms with Crippen LogP contribution in [0.3, 0.4) is 0 Å². The molecule has 0 rings (SSSR count). The molecule has 0 aliphatic carbocycles. The molecule has 77 valence electrons. The first-order valence-electron chi connectivity index (χ1n) is 4.93. The molecule has 1 atom stereocenters. The summed E-state index contributed by atoms with van der Waals surface area (Å²) in [4.78, 5) is 10.7. The van der Waals surface area contributed by atoms with Gasteiger partial charge in [0.05, 0.1) is 0 Å². The first-order chi connectivity index (χ1) is 6.15. The summed E-state index contributed by atoms with van der Waals surface area (Å²) in [5.41, 5.74) is 1.65. The predicted octanol–water partition coefficient (Wildman–Crippen LogP) is 2.30. The van der Waals surface area contributed by atoms with Crippen molar-refractivity contribution in [3.05, 3.63) is 5.92 Å². The van der Waals surface area contributed by atoms with Gasteiger partial charge in [-0.1, -0.05) is 20.8 Å². The number of hydrogen-bond acceptors (Lipinski definition) is 2. The summed E-state index contributed by atoms with van der Waals surface area (Å²) in [7, 11) is 0. The second kappa shape index (κ2) is 6.89. The molecule has 0 aliphatic rings. The van der Waals surface area contributed by atoms with E-state index in [4.69, 9.17) is 5.21 Å². The lowest BCUT2D eigenvalue weighted by molar-refractivity contribution is -0.129. The highest BCUT2D eigenvalue weighted by Crippen LogP contribution is 2.25. The smallest absolute Gasteiger partial charge is 0.243 e. The van der Waals surface area contributed by atoms with Crippen molar-refractivity contribution < 1.29 is 10.0 Å². The average molecular weight is 186 g/mol. The normalized spacial score (nSPS) is 13.0. The third-order valence-corrected chi connectivity index (χ3v) is 2.53. The molecule has 0 aromatic rings. The molecule has 0 heterocycles. The molecule has 3 heteroatoms. The van der Waals surface area contributed by atoms with E-state index in [1.54, 1.807) is 5.48 Å². The van der Waals surface area contributed by atoms with Crippen LogP contribution >= 0.6 is 0 Å². The summed E-state index contributed by atoms with van der Waals surface area (Å²) in [6, 6.07) is 0. The Bertz CT molecular complexity index is 144. The van der Waals surface area contributed by atoms with Gasteiger partial charge in [-0.2, -0.15) is 0 Å². The van der Waals surface area contributed by atoms with E-state index in [-0.39, 0.29) is 5.91 Å². The van der Waals surface area contributed by atoms with Crippen molar-refractivity contribution in [3.63, 3.8) is 0 Å². The van der Waals surface area contributed by atoms with Crippen LogP contribution in [-0.4, -0.2) is 11.1 Å². The van der Waals surface area contributed by atoms with Gasteiger partial charge >= 0.3 is 0 Å². The molecule has 0 bridgehead atoms. The topological polar surface area (TPSA) is 49.3 Å². The summed E-state index contributed by atoms with van der Waals surface area (Å²) in [5, 5.41) is 8.29. The summed E-state index contributed by atoms with van der Waals surface area (Å²) in [5.74, 6) is 1.68. The number of hydrogen-bond donors (Lipinski definition) is 2. The monoisotopic (exact) mass is 186 g/mol. The minimum atomic E-state index is -0.293. The van der Waals surface area contributed by atoms with Crippen LogP contribution in [0.4, 0.5) is 0 Å². The van der Waals surface area contributed by atoms with Gasteiger partial charge in [-0.15, -0.1) is 0 Å². The van der Waals surface area contributed by atoms with Gasteiger partial charge in [0.15, 0.2) is 0 Å². The highest BCUT2D eigenvalue weighted by atomic mass is 16.5. The zero-order chi connectivity index (χ0) is 10.3. The second-order valence-corrected chi connectivity index (χ2v) is 3.34. The van der Waals surface area contributed by atoms with Crippen LogP contribution in [0, 0.1) is 11.8 Å². The third-order valence-electron chi connectivity index (χ3n) is 2.53. The van der Waals surface area contributed by atoms with Gasteiger partial charge in [0.1, 0.15) is 0 Å². The van der Waals surface area contributed by atoms with E-state index < -0.39 is 0 Å². The Morgan fingerprint density at radius 3 is 2.31 bits per heavy atom. The maximum absolute atomic E-state index is 10.7. The Hall–Kier alpha value is -0.570. The van der Waals surface area contributed by atoms with Gasteiger partial charge in [-0.05, 0) is 31.1 Å². The van der Waals surface area contributed by atoms with Crippen molar-refractivity contribution in [1.29, 1.82) is 0 Å². The molecule has 13 heavy (non-hydrogen) atoms. The zero-order valence-electron chi connectivity index (χ0n) is 8.76. The van der Waals surface area contributed by atoms with E-state index >= 15 is 0 Å². The minimum Gasteiger partial charge on any atom is -0.289 e. The molecular weight excluding hydrogens is 166 g/mol. The molecule has 1 radical (unpaired) electrons. The lowest BCUT2D eigenvalue weighted by Gasteiger charge is -2.19. The first-order valence-corrected chi connectivity index (χ1v) is 4.93. The standard InChI is InChI=1S/C10H20NO2/c1-4-9(5-2)8(3)6-7-10(12)11-13/h8,13H,4-7H2,1-3H3,(H,11,12). The van der Waals surface area contributed by atoms with Crippen molar-refractivity contribution in [2.24, 2.45) is 5.92 Å². The number of carbonyl (C=O) groups is 1. The van der Waals surface area contributed by atoms with Crippen molar-refractivity contribution in [1.82, 2.24) is 5.48 Å². The van der Waals surface area contributed by atoms with E-state index in [9.17, 15) is 4.79 Å². The maximum Gasteiger partial charge on any atom is 0.243 e. The first kappa shape index (κ1) is 12.4. The fourth-order valence-corrected chi connectivity index (χ4v) is 1.55. The molecule has 0 aliphatic heterocycles. The number of nitrogens with one attached hydrogen (secondary N) is 1. The summed E-state index contributed by atoms with van der Waals surface area (Å²) in [6.07, 6.45) is 3.39. The Morgan fingerprint density at radius 1 is 1.38 bits per heavy atom. The van der Waals surface area contributed by atoms with Crippen molar-refractivity contribution in [3.8, 4) is 0 Å². The highest BCUT2D eigenvalue weighted by Gasteiger charge is 2.14. The minimum absolute atomic E-state index is 0.293. The summed E-state index contributed by atoms with van der Waals surface area (Å²) < 4.78 is 0. The van der Waals surface area contributed by atoms with Gasteiger partial charge in [0.25, 0.3) is 0 Å². The van der Waals surface area contributed by atoms with E-state index in [0.717, 1.165) is 19.3 Å². The van der Waals surface area contributed by atoms with Gasteiger partial charge in [-0.3, -0.25) is 10.0 Å². The van der Waals surface area contributed by atoms with Crippen LogP contribution in [0.25, 0.3) is 0 Å². The van der Waals surface area contributed by atoms with Gasteiger partial charge < -0.3 is 0 Å². The number of hydroxylamine groups is 1. The molecule has 0 saturated carbocycles. The van der Waals surface area contributed by atoms with Crippen molar-refractivity contribution in [2.45, 2.75) is 46.5 Å². The van der Waals surface area contributed by atoms with E-state index in [1.165, 1.54) is 5.92 Å². The fraction of sp³-hybridized carbons (Fsp3) is 0.800. The Labute approximate surface area is 80.5 Å². The molecule has 1 amide bonds. The predicted molar refractivity (Wildman–Crippen MR) is 52.2 cm³/mol. The van der Waals surface area contributed by atoms with Crippen LogP contribution in [0.5, 0.6) is 0 Å². The van der Waals surface area contributed by atoms with Gasteiger partial charge in [-0.25, -0.2) is 5.48 Å². The molecule has 1 unspecified atom stereocenters. The lowest BCUT2D eigenvalue weighted by atomic mass is 9.86. The SMILES string of the molecule is CC[C](CC)C(C)CCC(=O)NO. The van der Waals surface area contributed by atoms with Crippen molar-refractivity contribution >= 4 is 5.91 Å². The molecule has 0 aromatic heterocycles. The van der Waals surface area contributed by atoms with E-state index in [2.05, 4.69) is 20.8 Å². The molecule has 0 saturated heterocycles. The van der Waals surface area contributed by atoms with Crippen LogP contribution in [0.15, 0.2) is 0 Å². The quantitative estimate of drug-likeness (QED) is 0.494. The molecule has 0 spiro atoms. The number of amides is 1. The number of rotatable bonds is 6.